The number of aryl methyl sites for hydroxylation is 2. The van der Waals surface area contributed by atoms with E-state index < -0.39 is 18.5 Å². The van der Waals surface area contributed by atoms with Crippen molar-refractivity contribution in [3.8, 4) is 0 Å². The minimum Gasteiger partial charge on any atom is -0.452 e. The molecule has 0 saturated carbocycles. The maximum Gasteiger partial charge on any atom is 0.343 e. The fourth-order valence-electron chi connectivity index (χ4n) is 2.42. The number of nitrogens with zero attached hydrogens (tertiary/aromatic N) is 3. The van der Waals surface area contributed by atoms with Crippen LogP contribution in [0, 0.1) is 13.8 Å². The average Bonchev–Trinajstić information content (AvgIpc) is 3.23. The van der Waals surface area contributed by atoms with E-state index in [4.69, 9.17) is 16.3 Å². The third-order valence-corrected chi connectivity index (χ3v) is 4.15. The van der Waals surface area contributed by atoms with Gasteiger partial charge in [0.15, 0.2) is 12.4 Å². The van der Waals surface area contributed by atoms with Gasteiger partial charge in [0.2, 0.25) is 0 Å². The molecule has 2 aromatic heterocycles. The van der Waals surface area contributed by atoms with Crippen molar-refractivity contribution in [2.45, 2.75) is 20.4 Å². The minimum absolute atomic E-state index is 0.137. The summed E-state index contributed by atoms with van der Waals surface area (Å²) in [5.74, 6) is -1.03. The first-order valence-corrected chi connectivity index (χ1v) is 8.47. The summed E-state index contributed by atoms with van der Waals surface area (Å²) in [6.45, 7) is 3.59. The fourth-order valence-corrected chi connectivity index (χ4v) is 2.73. The molecule has 3 rings (SSSR count). The molecule has 8 nitrogen and oxygen atoms in total. The zero-order valence-electron chi connectivity index (χ0n) is 14.7. The molecule has 0 radical (unpaired) electrons. The fraction of sp³-hybridized carbons (Fsp3) is 0.222. The first-order valence-electron chi connectivity index (χ1n) is 8.10. The maximum atomic E-state index is 12.3. The molecule has 0 fully saturated rings. The number of esters is 1. The van der Waals surface area contributed by atoms with Gasteiger partial charge in [-0.1, -0.05) is 46.6 Å². The molecule has 3 aromatic rings. The Morgan fingerprint density at radius 1 is 1.22 bits per heavy atom. The summed E-state index contributed by atoms with van der Waals surface area (Å²) in [5.41, 5.74) is 2.71. The molecule has 1 N–H and O–H groups in total. The molecule has 0 unspecified atom stereocenters. The van der Waals surface area contributed by atoms with Crippen molar-refractivity contribution in [2.75, 3.05) is 11.9 Å². The zero-order chi connectivity index (χ0) is 19.4. The number of amides is 1. The van der Waals surface area contributed by atoms with Crippen molar-refractivity contribution in [3.05, 3.63) is 64.1 Å². The van der Waals surface area contributed by atoms with Crippen molar-refractivity contribution in [1.29, 1.82) is 0 Å². The molecular weight excluding hydrogens is 372 g/mol. The van der Waals surface area contributed by atoms with Crippen LogP contribution in [0.4, 0.5) is 5.82 Å². The van der Waals surface area contributed by atoms with Crippen LogP contribution in [0.2, 0.25) is 5.15 Å². The van der Waals surface area contributed by atoms with Gasteiger partial charge in [-0.25, -0.2) is 9.48 Å². The number of hydrogen-bond acceptors (Lipinski definition) is 6. The number of hydrogen-bond donors (Lipinski definition) is 1. The third-order valence-electron chi connectivity index (χ3n) is 3.76. The maximum absolute atomic E-state index is 12.3. The van der Waals surface area contributed by atoms with Crippen molar-refractivity contribution >= 4 is 29.3 Å². The molecule has 1 aromatic carbocycles. The molecule has 0 atom stereocenters. The highest BCUT2D eigenvalue weighted by Crippen LogP contribution is 2.22. The van der Waals surface area contributed by atoms with Gasteiger partial charge in [-0.2, -0.15) is 5.10 Å². The van der Waals surface area contributed by atoms with Gasteiger partial charge in [-0.15, -0.1) is 0 Å². The highest BCUT2D eigenvalue weighted by molar-refractivity contribution is 6.32. The van der Waals surface area contributed by atoms with Crippen LogP contribution >= 0.6 is 11.6 Å². The molecule has 0 aliphatic rings. The number of ether oxygens (including phenoxy) is 1. The van der Waals surface area contributed by atoms with Gasteiger partial charge in [-0.3, -0.25) is 4.79 Å². The summed E-state index contributed by atoms with van der Waals surface area (Å²) in [6, 6.07) is 9.38. The van der Waals surface area contributed by atoms with Crippen molar-refractivity contribution < 1.29 is 18.8 Å². The van der Waals surface area contributed by atoms with Crippen LogP contribution in [0.15, 0.2) is 41.1 Å². The zero-order valence-corrected chi connectivity index (χ0v) is 15.5. The van der Waals surface area contributed by atoms with Crippen LogP contribution in [0.5, 0.6) is 0 Å². The molecule has 1 amide bonds. The minimum atomic E-state index is -0.719. The quantitative estimate of drug-likeness (QED) is 0.652. The van der Waals surface area contributed by atoms with Crippen LogP contribution in [-0.4, -0.2) is 33.4 Å². The highest BCUT2D eigenvalue weighted by Gasteiger charge is 2.22. The summed E-state index contributed by atoms with van der Waals surface area (Å²) in [5, 5.41) is 10.4. The van der Waals surface area contributed by atoms with Gasteiger partial charge >= 0.3 is 5.97 Å². The molecule has 27 heavy (non-hydrogen) atoms. The lowest BCUT2D eigenvalue weighted by atomic mass is 10.1. The molecule has 9 heteroatoms. The number of anilines is 1. The van der Waals surface area contributed by atoms with Gasteiger partial charge in [0, 0.05) is 6.07 Å². The Balaban J connectivity index is 1.65. The van der Waals surface area contributed by atoms with Crippen LogP contribution in [0.1, 0.15) is 27.2 Å². The van der Waals surface area contributed by atoms with E-state index in [0.29, 0.717) is 12.2 Å². The molecule has 0 saturated heterocycles. The third kappa shape index (κ3) is 4.53. The van der Waals surface area contributed by atoms with E-state index in [2.05, 4.69) is 20.1 Å². The van der Waals surface area contributed by atoms with E-state index >= 15 is 0 Å². The Hall–Kier alpha value is -3.13. The number of carbonyl (C=O) groups excluding carboxylic acids is 2. The lowest BCUT2D eigenvalue weighted by molar-refractivity contribution is -0.119. The number of benzene rings is 1. The smallest absolute Gasteiger partial charge is 0.343 e. The second-order valence-electron chi connectivity index (χ2n) is 5.90. The molecule has 0 aliphatic heterocycles. The number of nitrogens with one attached hydrogen (secondary N) is 1. The normalized spacial score (nSPS) is 10.6. The highest BCUT2D eigenvalue weighted by atomic mass is 35.5. The van der Waals surface area contributed by atoms with E-state index in [9.17, 15) is 9.59 Å². The standard InChI is InChI=1S/C18H17ClN4O4/c1-11-3-5-13(6-4-11)9-23-17(19)16(12(2)21-23)18(25)26-10-15(24)20-14-7-8-27-22-14/h3-8H,9-10H2,1-2H3,(H,20,22,24). The molecule has 0 spiro atoms. The number of aromatic nitrogens is 3. The molecule has 140 valence electrons. The summed E-state index contributed by atoms with van der Waals surface area (Å²) in [4.78, 5) is 24.1. The Morgan fingerprint density at radius 2 is 1.96 bits per heavy atom. The Morgan fingerprint density at radius 3 is 2.63 bits per heavy atom. The summed E-state index contributed by atoms with van der Waals surface area (Å²) >= 11 is 6.31. The molecule has 2 heterocycles. The summed E-state index contributed by atoms with van der Waals surface area (Å²) in [6.07, 6.45) is 1.31. The van der Waals surface area contributed by atoms with Crippen LogP contribution in [0.3, 0.4) is 0 Å². The molecular formula is C18H17ClN4O4. The lowest BCUT2D eigenvalue weighted by Crippen LogP contribution is -2.21. The van der Waals surface area contributed by atoms with Gasteiger partial charge in [0.25, 0.3) is 5.91 Å². The summed E-state index contributed by atoms with van der Waals surface area (Å²) < 4.78 is 11.2. The Labute approximate surface area is 160 Å². The van der Waals surface area contributed by atoms with Crippen LogP contribution in [0.25, 0.3) is 0 Å². The van der Waals surface area contributed by atoms with Crippen molar-refractivity contribution in [2.24, 2.45) is 0 Å². The predicted molar refractivity (Wildman–Crippen MR) is 97.7 cm³/mol. The van der Waals surface area contributed by atoms with Gasteiger partial charge < -0.3 is 14.6 Å². The van der Waals surface area contributed by atoms with Crippen molar-refractivity contribution in [1.82, 2.24) is 14.9 Å². The summed E-state index contributed by atoms with van der Waals surface area (Å²) in [7, 11) is 0. The van der Waals surface area contributed by atoms with Crippen molar-refractivity contribution in [3.63, 3.8) is 0 Å². The van der Waals surface area contributed by atoms with Crippen LogP contribution in [-0.2, 0) is 16.1 Å². The predicted octanol–water partition coefficient (Wildman–Crippen LogP) is 2.99. The topological polar surface area (TPSA) is 99.2 Å². The van der Waals surface area contributed by atoms with Crippen LogP contribution < -0.4 is 5.32 Å². The SMILES string of the molecule is Cc1ccc(Cn2nc(C)c(C(=O)OCC(=O)Nc3ccon3)c2Cl)cc1. The van der Waals surface area contributed by atoms with E-state index in [1.54, 1.807) is 6.92 Å². The van der Waals surface area contributed by atoms with E-state index in [-0.39, 0.29) is 16.5 Å². The first-order chi connectivity index (χ1) is 12.9. The molecule has 0 aliphatic carbocycles. The van der Waals surface area contributed by atoms with Gasteiger partial charge in [0.1, 0.15) is 17.0 Å². The Kier molecular flexibility index (Phi) is 5.56. The molecule has 0 bridgehead atoms. The van der Waals surface area contributed by atoms with E-state index in [0.717, 1.165) is 11.1 Å². The number of halogens is 1. The lowest BCUT2D eigenvalue weighted by Gasteiger charge is -2.06. The monoisotopic (exact) mass is 388 g/mol. The average molecular weight is 389 g/mol. The van der Waals surface area contributed by atoms with E-state index in [1.807, 2.05) is 31.2 Å². The second kappa shape index (κ2) is 8.05. The second-order valence-corrected chi connectivity index (χ2v) is 6.26. The van der Waals surface area contributed by atoms with Gasteiger partial charge in [-0.05, 0) is 19.4 Å². The largest absolute Gasteiger partial charge is 0.452 e. The number of rotatable bonds is 6. The van der Waals surface area contributed by atoms with E-state index in [1.165, 1.54) is 17.0 Å². The first kappa shape index (κ1) is 18.7. The number of carbonyl (C=O) groups is 2. The Bertz CT molecular complexity index is 949. The van der Waals surface area contributed by atoms with Gasteiger partial charge in [0.05, 0.1) is 12.2 Å².